The molecular weight excluding hydrogens is 1390 g/mol. The number of alkyl halides is 18. The Labute approximate surface area is 540 Å². The Morgan fingerprint density at radius 1 is 0.202 bits per heavy atom. The molecule has 524 valence electrons. The maximum Gasteiger partial charge on any atom is 0.442 e. The first-order valence-electron chi connectivity index (χ1n) is 26.7. The Hall–Kier alpha value is -11.5. The average Bonchev–Trinajstić information content (AvgIpc) is 0.729. The van der Waals surface area contributed by atoms with Gasteiger partial charge in [-0.15, -0.1) is 59.8 Å². The van der Waals surface area contributed by atoms with Crippen LogP contribution in [0.5, 0.6) is 101 Å². The minimum absolute atomic E-state index is 0.180. The highest BCUT2D eigenvalue weighted by molar-refractivity contribution is 5.50. The monoisotopic (exact) mass is 1420 g/mol. The lowest BCUT2D eigenvalue weighted by atomic mass is 9.73. The zero-order valence-corrected chi connectivity index (χ0v) is 50.1. The molecule has 0 radical (unpaired) electrons. The number of rotatable bonds is 23. The third-order valence-corrected chi connectivity index (χ3v) is 13.6. The summed E-state index contributed by atoms with van der Waals surface area (Å²) in [6.07, 6.45) is -38.4. The zero-order chi connectivity index (χ0) is 72.3. The van der Waals surface area contributed by atoms with E-state index in [-0.39, 0.29) is 60.4 Å². The van der Waals surface area contributed by atoms with Gasteiger partial charge in [-0.2, -0.15) is 79.0 Å². The molecule has 9 rings (SSSR count). The molecule has 0 bridgehead atoms. The van der Waals surface area contributed by atoms with Crippen LogP contribution in [0.25, 0.3) is 0 Å². The Balaban J connectivity index is 1.11. The molecule has 4 aromatic heterocycles. The first kappa shape index (κ1) is 71.8. The Morgan fingerprint density at radius 2 is 0.364 bits per heavy atom. The van der Waals surface area contributed by atoms with E-state index in [4.69, 9.17) is 52.1 Å². The van der Waals surface area contributed by atoms with Crippen molar-refractivity contribution in [3.63, 3.8) is 0 Å². The maximum absolute atomic E-state index is 15.5. The van der Waals surface area contributed by atoms with Gasteiger partial charge in [-0.05, 0) is 82.9 Å². The lowest BCUT2D eigenvalue weighted by Crippen LogP contribution is -2.58. The molecular formula is C57H38F18N12O12. The minimum Gasteiger partial charge on any atom is -0.467 e. The molecule has 24 nitrogen and oxygen atoms in total. The largest absolute Gasteiger partial charge is 0.467 e. The SMILES string of the molecule is COc1nc(OC)nc(Oc2ccc(C(Oc3nc(Oc4ccc(C(c5ccc(Oc6nc(OC)nc(OC)n6)cc5)(C(F)(F)F)C(F)(F)F)cc4)nc(Oc4ccc(C(c5ccc(Oc6nc(OC)nc(OC)n6)cc5)(C(F)(F)F)C(F)(F)F)cc4)n3)(C(F)(F)F)C(F)(F)F)cc2)n1. The standard InChI is InChI=1S/C57H38F18N12O12/c1-88-37-76-38(89-2)80-43(79-37)94-32-17-7-27(8-18-32)49(52(58,59)60,53(61,62)63)29-11-21-34(22-12-29)97-46-85-47(87-48(86-46)99-51(56(70,71)72,57(73,74)75)31-15-25-36(26-16-31)96-45-83-41(92-5)78-42(84-45)93-6)98-35-23-13-30(14-24-35)50(54(64,65)66,55(67,68)69)28-9-19-33(20-10-28)95-44-81-39(90-3)77-40(82-44)91-4/h7-26H,1-6H3. The maximum atomic E-state index is 15.5. The molecule has 0 saturated carbocycles. The third kappa shape index (κ3) is 14.3. The summed E-state index contributed by atoms with van der Waals surface area (Å²) in [5, 5.41) is 0. The van der Waals surface area contributed by atoms with Gasteiger partial charge in [0.25, 0.3) is 0 Å². The summed E-state index contributed by atoms with van der Waals surface area (Å²) in [6.45, 7) is 0. The molecule has 0 aliphatic carbocycles. The predicted molar refractivity (Wildman–Crippen MR) is 291 cm³/mol. The lowest BCUT2D eigenvalue weighted by molar-refractivity contribution is -0.366. The van der Waals surface area contributed by atoms with Crippen molar-refractivity contribution in [3.8, 4) is 101 Å². The highest BCUT2D eigenvalue weighted by Crippen LogP contribution is 2.59. The molecule has 0 aliphatic heterocycles. The van der Waals surface area contributed by atoms with Crippen molar-refractivity contribution in [1.82, 2.24) is 59.8 Å². The molecule has 0 unspecified atom stereocenters. The van der Waals surface area contributed by atoms with E-state index >= 15 is 79.0 Å². The predicted octanol–water partition coefficient (Wildman–Crippen LogP) is 13.7. The van der Waals surface area contributed by atoms with Gasteiger partial charge in [0.1, 0.15) is 28.7 Å². The summed E-state index contributed by atoms with van der Waals surface area (Å²) in [6, 6.07) is -1.44. The van der Waals surface area contributed by atoms with Crippen LogP contribution in [0.3, 0.4) is 0 Å². The molecule has 0 saturated heterocycles. The van der Waals surface area contributed by atoms with E-state index in [0.29, 0.717) is 84.9 Å². The van der Waals surface area contributed by atoms with Crippen LogP contribution in [0.2, 0.25) is 0 Å². The molecule has 4 heterocycles. The molecule has 5 aromatic carbocycles. The van der Waals surface area contributed by atoms with Crippen LogP contribution in [0, 0.1) is 0 Å². The van der Waals surface area contributed by atoms with Crippen LogP contribution < -0.4 is 56.8 Å². The highest BCUT2D eigenvalue weighted by atomic mass is 19.4. The van der Waals surface area contributed by atoms with Crippen molar-refractivity contribution >= 4 is 0 Å². The fourth-order valence-corrected chi connectivity index (χ4v) is 9.24. The van der Waals surface area contributed by atoms with E-state index in [1.807, 2.05) is 0 Å². The number of aromatic nitrogens is 12. The number of hydrogen-bond acceptors (Lipinski definition) is 24. The molecule has 0 N–H and O–H groups in total. The first-order valence-corrected chi connectivity index (χ1v) is 26.7. The number of methoxy groups -OCH3 is 6. The minimum atomic E-state index is -6.64. The van der Waals surface area contributed by atoms with Gasteiger partial charge >= 0.3 is 115 Å². The second-order valence-corrected chi connectivity index (χ2v) is 19.4. The average molecular weight is 1420 g/mol. The number of halogens is 18. The third-order valence-electron chi connectivity index (χ3n) is 13.6. The lowest BCUT2D eigenvalue weighted by Gasteiger charge is -2.38. The Bertz CT molecular complexity index is 3980. The van der Waals surface area contributed by atoms with Gasteiger partial charge in [0.2, 0.25) is 10.8 Å². The van der Waals surface area contributed by atoms with Crippen LogP contribution in [-0.4, -0.2) is 140 Å². The van der Waals surface area contributed by atoms with E-state index < -0.39 is 158 Å². The second kappa shape index (κ2) is 27.2. The summed E-state index contributed by atoms with van der Waals surface area (Å²) in [5.74, 6) is -3.30. The highest BCUT2D eigenvalue weighted by Gasteiger charge is 2.76. The van der Waals surface area contributed by atoms with Crippen molar-refractivity contribution in [3.05, 3.63) is 149 Å². The second-order valence-electron chi connectivity index (χ2n) is 19.4. The Kier molecular flexibility index (Phi) is 19.7. The van der Waals surface area contributed by atoms with E-state index in [0.717, 1.165) is 42.7 Å². The normalized spacial score (nSPS) is 12.6. The van der Waals surface area contributed by atoms with Gasteiger partial charge in [0.05, 0.1) is 42.7 Å². The molecule has 0 amide bonds. The molecule has 0 atom stereocenters. The fourth-order valence-electron chi connectivity index (χ4n) is 9.24. The summed E-state index contributed by atoms with van der Waals surface area (Å²) in [5.41, 5.74) is -23.5. The fraction of sp³-hybridized carbons (Fsp3) is 0.263. The number of hydrogen-bond donors (Lipinski definition) is 0. The number of ether oxygens (including phenoxy) is 12. The van der Waals surface area contributed by atoms with Crippen molar-refractivity contribution in [1.29, 1.82) is 0 Å². The first-order chi connectivity index (χ1) is 46.4. The van der Waals surface area contributed by atoms with Gasteiger partial charge in [-0.25, -0.2) is 0 Å². The van der Waals surface area contributed by atoms with Crippen molar-refractivity contribution in [2.24, 2.45) is 0 Å². The molecule has 0 fully saturated rings. The molecule has 99 heavy (non-hydrogen) atoms. The quantitative estimate of drug-likeness (QED) is 0.0539. The molecule has 0 spiro atoms. The van der Waals surface area contributed by atoms with Crippen molar-refractivity contribution in [2.75, 3.05) is 42.7 Å². The number of benzene rings is 5. The summed E-state index contributed by atoms with van der Waals surface area (Å²) < 4.78 is 338. The molecule has 0 aliphatic rings. The molecule has 9 aromatic rings. The molecule has 42 heteroatoms. The van der Waals surface area contributed by atoms with E-state index in [1.165, 1.54) is 0 Å². The van der Waals surface area contributed by atoms with Gasteiger partial charge in [0.15, 0.2) is 0 Å². The van der Waals surface area contributed by atoms with E-state index in [1.54, 1.807) is 0 Å². The van der Waals surface area contributed by atoms with Crippen LogP contribution in [-0.2, 0) is 16.4 Å². The van der Waals surface area contributed by atoms with Gasteiger partial charge in [-0.1, -0.05) is 60.7 Å². The van der Waals surface area contributed by atoms with E-state index in [9.17, 15) is 0 Å². The smallest absolute Gasteiger partial charge is 0.442 e. The van der Waals surface area contributed by atoms with Crippen LogP contribution >= 0.6 is 0 Å². The van der Waals surface area contributed by atoms with E-state index in [2.05, 4.69) is 64.5 Å². The van der Waals surface area contributed by atoms with Crippen molar-refractivity contribution in [2.45, 2.75) is 53.5 Å². The van der Waals surface area contributed by atoms with Gasteiger partial charge in [0, 0.05) is 5.56 Å². The zero-order valence-electron chi connectivity index (χ0n) is 50.1. The topological polar surface area (TPSA) is 265 Å². The van der Waals surface area contributed by atoms with Gasteiger partial charge in [-0.3, -0.25) is 0 Å². The number of nitrogens with zero attached hydrogens (tertiary/aromatic N) is 12. The van der Waals surface area contributed by atoms with Gasteiger partial charge < -0.3 is 56.8 Å². The van der Waals surface area contributed by atoms with Crippen LogP contribution in [0.1, 0.15) is 27.8 Å². The summed E-state index contributed by atoms with van der Waals surface area (Å²) >= 11 is 0. The van der Waals surface area contributed by atoms with Crippen LogP contribution in [0.4, 0.5) is 79.0 Å². The summed E-state index contributed by atoms with van der Waals surface area (Å²) in [7, 11) is 6.72. The van der Waals surface area contributed by atoms with Crippen molar-refractivity contribution < 1.29 is 136 Å². The van der Waals surface area contributed by atoms with Crippen LogP contribution in [0.15, 0.2) is 121 Å². The summed E-state index contributed by atoms with van der Waals surface area (Å²) in [4.78, 5) is 43.9. The Morgan fingerprint density at radius 3 is 0.535 bits per heavy atom.